The zero-order valence-corrected chi connectivity index (χ0v) is 5.57. The second kappa shape index (κ2) is 2.92. The summed E-state index contributed by atoms with van der Waals surface area (Å²) in [6, 6.07) is 1.97. The minimum absolute atomic E-state index is 0.0242. The van der Waals surface area contributed by atoms with Crippen LogP contribution in [-0.2, 0) is 6.54 Å². The first kappa shape index (κ1) is 8.07. The fraction of sp³-hybridized carbons (Fsp3) is 0.143. The van der Waals surface area contributed by atoms with E-state index < -0.39 is 17.5 Å². The minimum atomic E-state index is -1.46. The van der Waals surface area contributed by atoms with Crippen LogP contribution in [0.1, 0.15) is 5.56 Å². The summed E-state index contributed by atoms with van der Waals surface area (Å²) in [6.45, 7) is -0.136. The van der Waals surface area contributed by atoms with Gasteiger partial charge in [0.1, 0.15) is 0 Å². The number of hydrogen-bond donors (Lipinski definition) is 1. The van der Waals surface area contributed by atoms with Crippen molar-refractivity contribution in [3.63, 3.8) is 0 Å². The second-order valence-electron chi connectivity index (χ2n) is 2.04. The zero-order valence-electron chi connectivity index (χ0n) is 5.57. The van der Waals surface area contributed by atoms with Crippen molar-refractivity contribution in [3.05, 3.63) is 35.1 Å². The molecular weight excluding hydrogens is 155 g/mol. The second-order valence-corrected chi connectivity index (χ2v) is 2.04. The number of halogens is 3. The molecule has 0 saturated carbocycles. The topological polar surface area (TPSA) is 26.0 Å². The molecule has 0 amide bonds. The molecule has 0 aliphatic heterocycles. The molecule has 60 valence electrons. The average Bonchev–Trinajstić information content (AvgIpc) is 2.01. The van der Waals surface area contributed by atoms with Crippen molar-refractivity contribution < 1.29 is 13.2 Å². The molecule has 0 heterocycles. The van der Waals surface area contributed by atoms with Gasteiger partial charge in [-0.1, -0.05) is 6.07 Å². The van der Waals surface area contributed by atoms with Gasteiger partial charge in [0, 0.05) is 12.1 Å². The summed E-state index contributed by atoms with van der Waals surface area (Å²) in [5, 5.41) is 0. The zero-order chi connectivity index (χ0) is 8.43. The van der Waals surface area contributed by atoms with Crippen LogP contribution in [-0.4, -0.2) is 0 Å². The van der Waals surface area contributed by atoms with Gasteiger partial charge >= 0.3 is 0 Å². The van der Waals surface area contributed by atoms with Crippen LogP contribution in [0.2, 0.25) is 0 Å². The lowest BCUT2D eigenvalue weighted by Gasteiger charge is -1.99. The molecule has 4 heteroatoms. The highest BCUT2D eigenvalue weighted by Crippen LogP contribution is 2.13. The molecule has 0 aliphatic rings. The molecule has 0 bridgehead atoms. The first-order chi connectivity index (χ1) is 5.16. The maximum Gasteiger partial charge on any atom is 0.194 e. The van der Waals surface area contributed by atoms with E-state index in [0.717, 1.165) is 12.1 Å². The summed E-state index contributed by atoms with van der Waals surface area (Å²) >= 11 is 0. The van der Waals surface area contributed by atoms with Crippen molar-refractivity contribution >= 4 is 0 Å². The Morgan fingerprint density at radius 2 is 1.73 bits per heavy atom. The van der Waals surface area contributed by atoms with E-state index in [2.05, 4.69) is 0 Å². The monoisotopic (exact) mass is 161 g/mol. The highest BCUT2D eigenvalue weighted by molar-refractivity contribution is 5.19. The fourth-order valence-electron chi connectivity index (χ4n) is 0.724. The lowest BCUT2D eigenvalue weighted by molar-refractivity contribution is 0.441. The van der Waals surface area contributed by atoms with Crippen LogP contribution in [0.25, 0.3) is 0 Å². The van der Waals surface area contributed by atoms with Crippen molar-refractivity contribution in [2.24, 2.45) is 5.73 Å². The van der Waals surface area contributed by atoms with E-state index in [1.165, 1.54) is 0 Å². The third kappa shape index (κ3) is 1.35. The maximum atomic E-state index is 12.6. The molecule has 0 spiro atoms. The molecule has 0 aromatic heterocycles. The smallest absolute Gasteiger partial charge is 0.194 e. The molecule has 1 aromatic rings. The Bertz CT molecular complexity index is 273. The van der Waals surface area contributed by atoms with E-state index in [4.69, 9.17) is 5.73 Å². The summed E-state index contributed by atoms with van der Waals surface area (Å²) in [5.74, 6) is -3.86. The standard InChI is InChI=1S/C7H6F3N/c8-5-2-1-4(3-11)6(9)7(5)10/h1-2H,3,11H2. The summed E-state index contributed by atoms with van der Waals surface area (Å²) < 4.78 is 37.2. The van der Waals surface area contributed by atoms with Gasteiger partial charge in [-0.05, 0) is 6.07 Å². The van der Waals surface area contributed by atoms with Crippen LogP contribution in [0.5, 0.6) is 0 Å². The summed E-state index contributed by atoms with van der Waals surface area (Å²) in [5.41, 5.74) is 5.02. The number of hydrogen-bond acceptors (Lipinski definition) is 1. The van der Waals surface area contributed by atoms with Gasteiger partial charge in [0.25, 0.3) is 0 Å². The molecular formula is C7H6F3N. The van der Waals surface area contributed by atoms with Gasteiger partial charge in [-0.15, -0.1) is 0 Å². The van der Waals surface area contributed by atoms with Gasteiger partial charge < -0.3 is 5.73 Å². The molecule has 1 nitrogen and oxygen atoms in total. The molecule has 0 saturated heterocycles. The van der Waals surface area contributed by atoms with Crippen molar-refractivity contribution in [2.45, 2.75) is 6.54 Å². The van der Waals surface area contributed by atoms with Crippen LogP contribution in [0.15, 0.2) is 12.1 Å². The molecule has 1 rings (SSSR count). The SMILES string of the molecule is NCc1ccc(F)c(F)c1F. The molecule has 0 unspecified atom stereocenters. The normalized spacial score (nSPS) is 10.2. The summed E-state index contributed by atoms with van der Waals surface area (Å²) in [6.07, 6.45) is 0. The van der Waals surface area contributed by atoms with Crippen LogP contribution >= 0.6 is 0 Å². The Labute approximate surface area is 61.6 Å². The highest BCUT2D eigenvalue weighted by Gasteiger charge is 2.11. The quantitative estimate of drug-likeness (QED) is 0.621. The third-order valence-corrected chi connectivity index (χ3v) is 1.34. The average molecular weight is 161 g/mol. The summed E-state index contributed by atoms with van der Waals surface area (Å²) in [4.78, 5) is 0. The van der Waals surface area contributed by atoms with E-state index >= 15 is 0 Å². The van der Waals surface area contributed by atoms with E-state index in [0.29, 0.717) is 0 Å². The molecule has 0 fully saturated rings. The maximum absolute atomic E-state index is 12.6. The molecule has 0 atom stereocenters. The van der Waals surface area contributed by atoms with Crippen LogP contribution in [0.4, 0.5) is 13.2 Å². The van der Waals surface area contributed by atoms with E-state index in [9.17, 15) is 13.2 Å². The number of nitrogens with two attached hydrogens (primary N) is 1. The van der Waals surface area contributed by atoms with Gasteiger partial charge in [0.15, 0.2) is 17.5 Å². The van der Waals surface area contributed by atoms with E-state index in [1.54, 1.807) is 0 Å². The molecule has 2 N–H and O–H groups in total. The Morgan fingerprint density at radius 1 is 1.09 bits per heavy atom. The Morgan fingerprint density at radius 3 is 2.27 bits per heavy atom. The Hall–Kier alpha value is -1.03. The van der Waals surface area contributed by atoms with Crippen molar-refractivity contribution in [1.82, 2.24) is 0 Å². The number of benzene rings is 1. The van der Waals surface area contributed by atoms with E-state index in [-0.39, 0.29) is 12.1 Å². The Balaban J connectivity index is 3.25. The summed E-state index contributed by atoms with van der Waals surface area (Å²) in [7, 11) is 0. The Kier molecular flexibility index (Phi) is 2.14. The lowest BCUT2D eigenvalue weighted by atomic mass is 10.2. The van der Waals surface area contributed by atoms with Crippen LogP contribution in [0, 0.1) is 17.5 Å². The molecule has 0 aliphatic carbocycles. The first-order valence-corrected chi connectivity index (χ1v) is 2.99. The molecule has 1 aromatic carbocycles. The predicted octanol–water partition coefficient (Wildman–Crippen LogP) is 1.56. The van der Waals surface area contributed by atoms with Crippen LogP contribution < -0.4 is 5.73 Å². The molecule has 0 radical (unpaired) electrons. The predicted molar refractivity (Wildman–Crippen MR) is 34.2 cm³/mol. The van der Waals surface area contributed by atoms with Gasteiger partial charge in [-0.2, -0.15) is 0 Å². The van der Waals surface area contributed by atoms with Crippen molar-refractivity contribution in [3.8, 4) is 0 Å². The van der Waals surface area contributed by atoms with Gasteiger partial charge in [0.05, 0.1) is 0 Å². The highest BCUT2D eigenvalue weighted by atomic mass is 19.2. The van der Waals surface area contributed by atoms with E-state index in [1.807, 2.05) is 0 Å². The van der Waals surface area contributed by atoms with Crippen molar-refractivity contribution in [2.75, 3.05) is 0 Å². The fourth-order valence-corrected chi connectivity index (χ4v) is 0.724. The lowest BCUT2D eigenvalue weighted by Crippen LogP contribution is -2.03. The van der Waals surface area contributed by atoms with Gasteiger partial charge in [0.2, 0.25) is 0 Å². The largest absolute Gasteiger partial charge is 0.326 e. The van der Waals surface area contributed by atoms with Crippen LogP contribution in [0.3, 0.4) is 0 Å². The van der Waals surface area contributed by atoms with Crippen molar-refractivity contribution in [1.29, 1.82) is 0 Å². The first-order valence-electron chi connectivity index (χ1n) is 2.99. The minimum Gasteiger partial charge on any atom is -0.326 e. The van der Waals surface area contributed by atoms with Gasteiger partial charge in [-0.3, -0.25) is 0 Å². The number of rotatable bonds is 1. The van der Waals surface area contributed by atoms with Gasteiger partial charge in [-0.25, -0.2) is 13.2 Å². The molecule has 11 heavy (non-hydrogen) atoms. The third-order valence-electron chi connectivity index (χ3n) is 1.34.